The Labute approximate surface area is 103 Å². The molecule has 1 aliphatic rings. The van der Waals surface area contributed by atoms with E-state index in [1.165, 1.54) is 6.42 Å². The fourth-order valence-corrected chi connectivity index (χ4v) is 2.37. The van der Waals surface area contributed by atoms with E-state index in [-0.39, 0.29) is 0 Å². The van der Waals surface area contributed by atoms with E-state index in [0.717, 1.165) is 30.3 Å². The predicted octanol–water partition coefficient (Wildman–Crippen LogP) is 0.967. The molecule has 5 nitrogen and oxygen atoms in total. The van der Waals surface area contributed by atoms with Crippen molar-refractivity contribution in [3.8, 4) is 0 Å². The van der Waals surface area contributed by atoms with E-state index >= 15 is 0 Å². The van der Waals surface area contributed by atoms with Crippen LogP contribution in [0.3, 0.4) is 0 Å². The van der Waals surface area contributed by atoms with Crippen molar-refractivity contribution in [2.75, 3.05) is 44.4 Å². The van der Waals surface area contributed by atoms with Crippen molar-refractivity contribution in [1.29, 1.82) is 0 Å². The molecule has 1 saturated heterocycles. The van der Waals surface area contributed by atoms with Crippen molar-refractivity contribution in [3.05, 3.63) is 11.9 Å². The highest BCUT2D eigenvalue weighted by Gasteiger charge is 2.26. The lowest BCUT2D eigenvalue weighted by atomic mass is 10.2. The molecule has 1 N–H and O–H groups in total. The molecule has 17 heavy (non-hydrogen) atoms. The Morgan fingerprint density at radius 3 is 2.76 bits per heavy atom. The molecule has 2 rings (SSSR count). The summed E-state index contributed by atoms with van der Waals surface area (Å²) in [6.07, 6.45) is 2.84. The largest absolute Gasteiger partial charge is 0.373 e. The van der Waals surface area contributed by atoms with Crippen molar-refractivity contribution in [2.45, 2.75) is 19.4 Å². The molecule has 2 heterocycles. The van der Waals surface area contributed by atoms with Crippen LogP contribution in [0, 0.1) is 6.92 Å². The molecule has 1 atom stereocenters. The van der Waals surface area contributed by atoms with Gasteiger partial charge in [0.15, 0.2) is 0 Å². The average molecular weight is 235 g/mol. The highest BCUT2D eigenvalue weighted by Crippen LogP contribution is 2.26. The smallest absolute Gasteiger partial charge is 0.137 e. The number of nitrogens with zero attached hydrogens (tertiary/aromatic N) is 4. The normalized spacial score (nSPS) is 20.1. The minimum atomic E-state index is 0.627. The number of hydrogen-bond acceptors (Lipinski definition) is 5. The summed E-state index contributed by atoms with van der Waals surface area (Å²) in [7, 11) is 6.17. The lowest BCUT2D eigenvalue weighted by Gasteiger charge is -2.22. The highest BCUT2D eigenvalue weighted by molar-refractivity contribution is 5.58. The lowest BCUT2D eigenvalue weighted by Crippen LogP contribution is -2.32. The van der Waals surface area contributed by atoms with Gasteiger partial charge in [0.1, 0.15) is 18.0 Å². The first-order valence-corrected chi connectivity index (χ1v) is 6.04. The van der Waals surface area contributed by atoms with Gasteiger partial charge in [0.05, 0.1) is 0 Å². The van der Waals surface area contributed by atoms with Crippen molar-refractivity contribution in [1.82, 2.24) is 14.9 Å². The molecule has 94 valence electrons. The van der Waals surface area contributed by atoms with Gasteiger partial charge in [-0.1, -0.05) is 0 Å². The quantitative estimate of drug-likeness (QED) is 0.845. The fourth-order valence-electron chi connectivity index (χ4n) is 2.37. The maximum absolute atomic E-state index is 4.42. The van der Waals surface area contributed by atoms with Gasteiger partial charge >= 0.3 is 0 Å². The predicted molar refractivity (Wildman–Crippen MR) is 70.6 cm³/mol. The summed E-state index contributed by atoms with van der Waals surface area (Å²) in [6, 6.07) is 0.627. The molecule has 1 aromatic heterocycles. The van der Waals surface area contributed by atoms with E-state index in [1.54, 1.807) is 6.33 Å². The molecule has 0 amide bonds. The minimum absolute atomic E-state index is 0.627. The van der Waals surface area contributed by atoms with E-state index < -0.39 is 0 Å². The first-order chi connectivity index (χ1) is 8.13. The summed E-state index contributed by atoms with van der Waals surface area (Å²) in [5.74, 6) is 1.98. The molecule has 1 fully saturated rings. The third kappa shape index (κ3) is 2.34. The molecule has 1 unspecified atom stereocenters. The van der Waals surface area contributed by atoms with Crippen LogP contribution in [-0.2, 0) is 0 Å². The maximum Gasteiger partial charge on any atom is 0.137 e. The molecule has 0 aliphatic carbocycles. The van der Waals surface area contributed by atoms with E-state index in [2.05, 4.69) is 46.1 Å². The molecule has 1 aliphatic heterocycles. The van der Waals surface area contributed by atoms with Gasteiger partial charge in [-0.2, -0.15) is 0 Å². The van der Waals surface area contributed by atoms with Crippen molar-refractivity contribution >= 4 is 11.6 Å². The van der Waals surface area contributed by atoms with Crippen molar-refractivity contribution in [2.24, 2.45) is 0 Å². The molecule has 0 bridgehead atoms. The maximum atomic E-state index is 4.42. The van der Waals surface area contributed by atoms with Crippen molar-refractivity contribution < 1.29 is 0 Å². The Morgan fingerprint density at radius 2 is 2.18 bits per heavy atom. The lowest BCUT2D eigenvalue weighted by molar-refractivity contribution is 0.315. The zero-order valence-electron chi connectivity index (χ0n) is 11.1. The zero-order chi connectivity index (χ0) is 12.4. The third-order valence-electron chi connectivity index (χ3n) is 3.49. The SMILES string of the molecule is CNc1ncnc(N2CCC(N(C)C)C2)c1C. The summed E-state index contributed by atoms with van der Waals surface area (Å²) >= 11 is 0. The topological polar surface area (TPSA) is 44.3 Å². The molecule has 5 heteroatoms. The molecular weight excluding hydrogens is 214 g/mol. The molecule has 0 aromatic carbocycles. The Morgan fingerprint density at radius 1 is 1.41 bits per heavy atom. The van der Waals surface area contributed by atoms with Crippen LogP contribution in [0.15, 0.2) is 6.33 Å². The molecule has 0 saturated carbocycles. The monoisotopic (exact) mass is 235 g/mol. The molecular formula is C12H21N5. The summed E-state index contributed by atoms with van der Waals surface area (Å²) in [5, 5.41) is 3.10. The number of hydrogen-bond donors (Lipinski definition) is 1. The van der Waals surface area contributed by atoms with Crippen LogP contribution in [0.1, 0.15) is 12.0 Å². The third-order valence-corrected chi connectivity index (χ3v) is 3.49. The van der Waals surface area contributed by atoms with Gasteiger partial charge in [0, 0.05) is 31.7 Å². The summed E-state index contributed by atoms with van der Waals surface area (Å²) in [5.41, 5.74) is 1.13. The van der Waals surface area contributed by atoms with Crippen LogP contribution in [0.2, 0.25) is 0 Å². The van der Waals surface area contributed by atoms with Gasteiger partial charge in [-0.25, -0.2) is 9.97 Å². The van der Waals surface area contributed by atoms with E-state index in [1.807, 2.05) is 7.05 Å². The highest BCUT2D eigenvalue weighted by atomic mass is 15.3. The fraction of sp³-hybridized carbons (Fsp3) is 0.667. The van der Waals surface area contributed by atoms with Gasteiger partial charge in [0.2, 0.25) is 0 Å². The van der Waals surface area contributed by atoms with E-state index in [0.29, 0.717) is 6.04 Å². The summed E-state index contributed by atoms with van der Waals surface area (Å²) in [6.45, 7) is 4.20. The van der Waals surface area contributed by atoms with Crippen LogP contribution in [0.25, 0.3) is 0 Å². The molecule has 0 spiro atoms. The van der Waals surface area contributed by atoms with Crippen LogP contribution in [-0.4, -0.2) is 55.1 Å². The average Bonchev–Trinajstić information content (AvgIpc) is 2.78. The Balaban J connectivity index is 2.19. The standard InChI is InChI=1S/C12H21N5/c1-9-11(13-2)14-8-15-12(9)17-6-5-10(7-17)16(3)4/h8,10H,5-7H2,1-4H3,(H,13,14,15). The van der Waals surface area contributed by atoms with Gasteiger partial charge in [-0.3, -0.25) is 0 Å². The number of nitrogens with one attached hydrogen (secondary N) is 1. The Bertz CT molecular complexity index is 390. The number of anilines is 2. The first kappa shape index (κ1) is 12.1. The van der Waals surface area contributed by atoms with Crippen LogP contribution in [0.5, 0.6) is 0 Å². The zero-order valence-corrected chi connectivity index (χ0v) is 11.1. The number of rotatable bonds is 3. The van der Waals surface area contributed by atoms with E-state index in [9.17, 15) is 0 Å². The second kappa shape index (κ2) is 4.87. The number of likely N-dealkylation sites (N-methyl/N-ethyl adjacent to an activating group) is 1. The van der Waals surface area contributed by atoms with Gasteiger partial charge < -0.3 is 15.1 Å². The van der Waals surface area contributed by atoms with Crippen LogP contribution < -0.4 is 10.2 Å². The van der Waals surface area contributed by atoms with Gasteiger partial charge in [0.25, 0.3) is 0 Å². The number of aromatic nitrogens is 2. The second-order valence-electron chi connectivity index (χ2n) is 4.77. The molecule has 1 aromatic rings. The van der Waals surface area contributed by atoms with E-state index in [4.69, 9.17) is 0 Å². The van der Waals surface area contributed by atoms with Gasteiger partial charge in [-0.05, 0) is 27.4 Å². The Kier molecular flexibility index (Phi) is 3.47. The van der Waals surface area contributed by atoms with Gasteiger partial charge in [-0.15, -0.1) is 0 Å². The first-order valence-electron chi connectivity index (χ1n) is 6.04. The summed E-state index contributed by atoms with van der Waals surface area (Å²) < 4.78 is 0. The second-order valence-corrected chi connectivity index (χ2v) is 4.77. The Hall–Kier alpha value is -1.36. The van der Waals surface area contributed by atoms with Crippen LogP contribution >= 0.6 is 0 Å². The summed E-state index contributed by atoms with van der Waals surface area (Å²) in [4.78, 5) is 13.3. The van der Waals surface area contributed by atoms with Crippen LogP contribution in [0.4, 0.5) is 11.6 Å². The minimum Gasteiger partial charge on any atom is -0.373 e. The molecule has 0 radical (unpaired) electrons. The van der Waals surface area contributed by atoms with Crippen molar-refractivity contribution in [3.63, 3.8) is 0 Å².